The van der Waals surface area contributed by atoms with Gasteiger partial charge in [-0.15, -0.1) is 0 Å². The summed E-state index contributed by atoms with van der Waals surface area (Å²) >= 11 is 1.77. The Morgan fingerprint density at radius 3 is 1.20 bits per heavy atom. The Balaban J connectivity index is 4.94. The zero-order valence-electron chi connectivity index (χ0n) is 5.60. The Bertz CT molecular complexity index is 267. The minimum atomic E-state index is -3.49. The van der Waals surface area contributed by atoms with Crippen LogP contribution in [0.3, 0.4) is 0 Å². The van der Waals surface area contributed by atoms with Crippen LogP contribution >= 0.6 is 0 Å². The van der Waals surface area contributed by atoms with Gasteiger partial charge >= 0.3 is 68.8 Å². The molecule has 0 aliphatic heterocycles. The molecule has 0 saturated carbocycles. The van der Waals surface area contributed by atoms with E-state index < -0.39 is 23.1 Å². The zero-order valence-corrected chi connectivity index (χ0v) is 8.39. The number of hydrogen-bond donors (Lipinski definition) is 0. The Labute approximate surface area is 68.9 Å². The molecule has 0 amide bonds. The van der Waals surface area contributed by atoms with Crippen molar-refractivity contribution in [2.24, 2.45) is 0 Å². The van der Waals surface area contributed by atoms with E-state index in [2.05, 4.69) is 0 Å². The van der Waals surface area contributed by atoms with Gasteiger partial charge in [-0.05, 0) is 0 Å². The summed E-state index contributed by atoms with van der Waals surface area (Å²) in [5, 5.41) is 0. The molecule has 0 rings (SSSR count). The van der Waals surface area contributed by atoms with Crippen molar-refractivity contribution in [3.8, 4) is 0 Å². The number of hydrogen-bond acceptors (Lipinski definition) is 4. The standard InChI is InChI=1S/C3H7O4S2.Al/c1-8(4,5)3-9(2,6)7;/h3H,1-2H3;/q;+2. The summed E-state index contributed by atoms with van der Waals surface area (Å²) in [4.78, 5) is 0. The first kappa shape index (κ1) is 10.4. The van der Waals surface area contributed by atoms with Crippen molar-refractivity contribution < 1.29 is 16.8 Å². The van der Waals surface area contributed by atoms with Crippen molar-refractivity contribution in [2.75, 3.05) is 12.5 Å². The van der Waals surface area contributed by atoms with E-state index >= 15 is 0 Å². The Hall–Kier alpha value is 0.432. The van der Waals surface area contributed by atoms with Gasteiger partial charge in [0.1, 0.15) is 0 Å². The van der Waals surface area contributed by atoms with Gasteiger partial charge in [-0.25, -0.2) is 0 Å². The fourth-order valence-electron chi connectivity index (χ4n) is 0.318. The summed E-state index contributed by atoms with van der Waals surface area (Å²) in [6, 6.07) is 0. The molecule has 0 aromatic rings. The molecule has 0 radical (unpaired) electrons. The Kier molecular flexibility index (Phi) is 2.94. The molecule has 56 valence electrons. The van der Waals surface area contributed by atoms with Gasteiger partial charge in [-0.3, -0.25) is 0 Å². The van der Waals surface area contributed by atoms with Crippen LogP contribution in [-0.4, -0.2) is 49.1 Å². The van der Waals surface area contributed by atoms with Crippen molar-refractivity contribution in [3.63, 3.8) is 0 Å². The number of rotatable bonds is 2. The van der Waals surface area contributed by atoms with Crippen LogP contribution in [0.25, 0.3) is 0 Å². The zero-order chi connectivity index (χ0) is 8.58. The van der Waals surface area contributed by atoms with Crippen molar-refractivity contribution in [1.29, 1.82) is 0 Å². The molecule has 0 spiro atoms. The van der Waals surface area contributed by atoms with E-state index in [9.17, 15) is 16.8 Å². The molecule has 0 unspecified atom stereocenters. The van der Waals surface area contributed by atoms with Crippen molar-refractivity contribution in [1.82, 2.24) is 0 Å². The first-order valence-corrected chi connectivity index (χ1v) is 6.86. The molecule has 0 aromatic carbocycles. The fraction of sp³-hybridized carbons (Fsp3) is 1.00. The van der Waals surface area contributed by atoms with E-state index in [0.717, 1.165) is 12.5 Å². The van der Waals surface area contributed by atoms with Crippen LogP contribution in [-0.2, 0) is 19.7 Å². The molecule has 0 aliphatic rings. The summed E-state index contributed by atoms with van der Waals surface area (Å²) in [5.41, 5.74) is 0. The molecule has 0 aromatic heterocycles. The SMILES string of the molecule is CS(=O)(=O)[CH]([Al+2])S(C)(=O)=O. The molecule has 0 fully saturated rings. The third-order valence-electron chi connectivity index (χ3n) is 0.844. The summed E-state index contributed by atoms with van der Waals surface area (Å²) in [6.45, 7) is 0. The predicted octanol–water partition coefficient (Wildman–Crippen LogP) is -1.47. The van der Waals surface area contributed by atoms with Gasteiger partial charge < -0.3 is 0 Å². The Morgan fingerprint density at radius 2 is 1.20 bits per heavy atom. The van der Waals surface area contributed by atoms with Gasteiger partial charge in [0.2, 0.25) is 0 Å². The van der Waals surface area contributed by atoms with Gasteiger partial charge in [0.15, 0.2) is 0 Å². The fourth-order valence-corrected chi connectivity index (χ4v) is 2.86. The first-order valence-electron chi connectivity index (χ1n) is 2.29. The van der Waals surface area contributed by atoms with E-state index in [1.54, 1.807) is 16.3 Å². The number of sulfone groups is 2. The average Bonchev–Trinajstić information content (AvgIpc) is 1.59. The third-order valence-corrected chi connectivity index (χ3v) is 7.60. The molecule has 0 N–H and O–H groups in total. The second-order valence-electron chi connectivity index (χ2n) is 2.03. The molecule has 7 heteroatoms. The monoisotopic (exact) mass is 198 g/mol. The normalized spacial score (nSPS) is 14.1. The quantitative estimate of drug-likeness (QED) is 0.508. The van der Waals surface area contributed by atoms with E-state index in [0.29, 0.717) is 0 Å². The molecule has 0 saturated heterocycles. The Morgan fingerprint density at radius 1 is 1.00 bits per heavy atom. The second kappa shape index (κ2) is 2.82. The van der Waals surface area contributed by atoms with Crippen molar-refractivity contribution in [3.05, 3.63) is 0 Å². The van der Waals surface area contributed by atoms with E-state index in [-0.39, 0.29) is 0 Å². The first-order chi connectivity index (χ1) is 4.15. The molecular formula is C3H7AlO4S2+2. The predicted molar refractivity (Wildman–Crippen MR) is 39.2 cm³/mol. The van der Waals surface area contributed by atoms with Crippen LogP contribution in [0.1, 0.15) is 0 Å². The van der Waals surface area contributed by atoms with Crippen LogP contribution in [0.2, 0.25) is 0 Å². The van der Waals surface area contributed by atoms with Gasteiger partial charge in [-0.2, -0.15) is 0 Å². The summed E-state index contributed by atoms with van der Waals surface area (Å²) in [5.74, 6) is 0. The maximum absolute atomic E-state index is 10.6. The molecule has 0 atom stereocenters. The van der Waals surface area contributed by atoms with Crippen LogP contribution in [0.5, 0.6) is 0 Å². The van der Waals surface area contributed by atoms with Crippen LogP contribution in [0.4, 0.5) is 0 Å². The molecule has 0 aliphatic carbocycles. The minimum absolute atomic E-state index is 0.881. The molecular weight excluding hydrogens is 191 g/mol. The van der Waals surface area contributed by atoms with Gasteiger partial charge in [0.25, 0.3) is 0 Å². The van der Waals surface area contributed by atoms with Crippen LogP contribution < -0.4 is 0 Å². The molecule has 4 nitrogen and oxygen atoms in total. The molecule has 10 heavy (non-hydrogen) atoms. The third kappa shape index (κ3) is 3.01. The average molecular weight is 198 g/mol. The molecule has 0 bridgehead atoms. The maximum atomic E-state index is 10.6. The van der Waals surface area contributed by atoms with Gasteiger partial charge in [0, 0.05) is 0 Å². The summed E-state index contributed by atoms with van der Waals surface area (Å²) < 4.78 is 40.9. The van der Waals surface area contributed by atoms with Gasteiger partial charge in [-0.1, -0.05) is 0 Å². The van der Waals surface area contributed by atoms with E-state index in [4.69, 9.17) is 0 Å². The summed E-state index contributed by atoms with van der Waals surface area (Å²) in [7, 11) is -6.97. The van der Waals surface area contributed by atoms with E-state index in [1.807, 2.05) is 0 Å². The van der Waals surface area contributed by atoms with Gasteiger partial charge in [0.05, 0.1) is 0 Å². The van der Waals surface area contributed by atoms with Crippen LogP contribution in [0.15, 0.2) is 0 Å². The summed E-state index contributed by atoms with van der Waals surface area (Å²) in [6.07, 6.45) is 1.76. The van der Waals surface area contributed by atoms with E-state index in [1.165, 1.54) is 0 Å². The van der Waals surface area contributed by atoms with Crippen molar-refractivity contribution in [2.45, 2.75) is 3.44 Å². The topological polar surface area (TPSA) is 68.3 Å². The van der Waals surface area contributed by atoms with Crippen molar-refractivity contribution >= 4 is 36.0 Å². The second-order valence-corrected chi connectivity index (χ2v) is 8.29. The van der Waals surface area contributed by atoms with Crippen LogP contribution in [0, 0.1) is 0 Å². The molecule has 0 heterocycles.